The minimum Gasteiger partial charge on any atom is -0.504 e. The quantitative estimate of drug-likeness (QED) is 0.437. The van der Waals surface area contributed by atoms with Crippen LogP contribution < -0.4 is 4.74 Å². The highest BCUT2D eigenvalue weighted by atomic mass is 16.5. The van der Waals surface area contributed by atoms with Crippen LogP contribution in [0.15, 0.2) is 52.6 Å². The van der Waals surface area contributed by atoms with Gasteiger partial charge >= 0.3 is 0 Å². The summed E-state index contributed by atoms with van der Waals surface area (Å²) in [5, 5.41) is 10.1. The van der Waals surface area contributed by atoms with E-state index >= 15 is 0 Å². The van der Waals surface area contributed by atoms with E-state index in [4.69, 9.17) is 4.74 Å². The molecular weight excluding hydrogens is 410 g/mol. The van der Waals surface area contributed by atoms with Gasteiger partial charge in [-0.25, -0.2) is 0 Å². The Morgan fingerprint density at radius 3 is 2.56 bits per heavy atom. The molecule has 3 aliphatic carbocycles. The molecule has 0 bridgehead atoms. The van der Waals surface area contributed by atoms with Crippen molar-refractivity contribution in [3.63, 3.8) is 0 Å². The Bertz CT molecular complexity index is 1200. The van der Waals surface area contributed by atoms with Crippen LogP contribution in [0.4, 0.5) is 0 Å². The van der Waals surface area contributed by atoms with E-state index in [0.29, 0.717) is 28.7 Å². The second-order valence-electron chi connectivity index (χ2n) is 8.90. The lowest BCUT2D eigenvalue weighted by molar-refractivity contribution is -0.138. The zero-order chi connectivity index (χ0) is 22.9. The Balaban J connectivity index is 1.72. The summed E-state index contributed by atoms with van der Waals surface area (Å²) in [7, 11) is 2.94. The van der Waals surface area contributed by atoms with Gasteiger partial charge in [-0.15, -0.1) is 0 Å². The molecule has 1 aromatic rings. The minimum atomic E-state index is -0.547. The van der Waals surface area contributed by atoms with Crippen LogP contribution in [-0.4, -0.2) is 47.5 Å². The number of ether oxygens (including phenoxy) is 1. The van der Waals surface area contributed by atoms with Crippen LogP contribution in [0.25, 0.3) is 0 Å². The van der Waals surface area contributed by atoms with Crippen LogP contribution in [-0.2, 0) is 19.2 Å². The topological polar surface area (TPSA) is 101 Å². The molecule has 2 amide bonds. The van der Waals surface area contributed by atoms with Crippen LogP contribution in [0, 0.1) is 17.8 Å². The van der Waals surface area contributed by atoms with E-state index in [1.54, 1.807) is 19.1 Å². The first-order chi connectivity index (χ1) is 15.2. The number of benzene rings is 1. The Morgan fingerprint density at radius 1 is 1.09 bits per heavy atom. The van der Waals surface area contributed by atoms with Crippen LogP contribution >= 0.6 is 0 Å². The molecule has 5 rings (SSSR count). The van der Waals surface area contributed by atoms with Crippen LogP contribution in [0.1, 0.15) is 31.2 Å². The van der Waals surface area contributed by atoms with Crippen molar-refractivity contribution in [1.82, 2.24) is 4.90 Å². The van der Waals surface area contributed by atoms with E-state index < -0.39 is 17.8 Å². The number of methoxy groups -OCH3 is 1. The highest BCUT2D eigenvalue weighted by Gasteiger charge is 2.55. The average molecular weight is 433 g/mol. The zero-order valence-corrected chi connectivity index (χ0v) is 18.0. The molecule has 4 atom stereocenters. The number of fused-ring (bicyclic) bond motifs is 3. The number of hydrogen-bond donors (Lipinski definition) is 1. The maximum atomic E-state index is 13.1. The molecule has 1 aliphatic heterocycles. The molecule has 7 heteroatoms. The number of carbonyl (C=O) groups is 4. The fourth-order valence-electron chi connectivity index (χ4n) is 5.79. The number of allylic oxidation sites excluding steroid dienone is 6. The summed E-state index contributed by atoms with van der Waals surface area (Å²) < 4.78 is 5.27. The third-order valence-electron chi connectivity index (χ3n) is 7.32. The molecule has 164 valence electrons. The molecule has 7 nitrogen and oxygen atoms in total. The number of phenols is 1. The summed E-state index contributed by atoms with van der Waals surface area (Å²) >= 11 is 0. The summed E-state index contributed by atoms with van der Waals surface area (Å²) in [6.45, 7) is 1.62. The first kappa shape index (κ1) is 20.4. The van der Waals surface area contributed by atoms with Gasteiger partial charge in [-0.1, -0.05) is 17.7 Å². The summed E-state index contributed by atoms with van der Waals surface area (Å²) in [6.07, 6.45) is 4.01. The first-order valence-corrected chi connectivity index (χ1v) is 10.6. The Kier molecular flexibility index (Phi) is 4.48. The lowest BCUT2D eigenvalue weighted by Crippen LogP contribution is -2.39. The van der Waals surface area contributed by atoms with Gasteiger partial charge in [-0.05, 0) is 49.5 Å². The fourth-order valence-corrected chi connectivity index (χ4v) is 5.79. The number of aromatic hydroxyl groups is 1. The lowest BCUT2D eigenvalue weighted by atomic mass is 9.59. The Hall–Kier alpha value is -3.48. The molecule has 0 aromatic heterocycles. The molecule has 4 unspecified atom stereocenters. The molecule has 1 saturated heterocycles. The number of ketones is 2. The highest BCUT2D eigenvalue weighted by molar-refractivity contribution is 6.23. The molecule has 1 fully saturated rings. The monoisotopic (exact) mass is 433 g/mol. The van der Waals surface area contributed by atoms with Gasteiger partial charge in [-0.3, -0.25) is 24.1 Å². The van der Waals surface area contributed by atoms with Crippen molar-refractivity contribution >= 4 is 23.4 Å². The number of rotatable bonds is 2. The van der Waals surface area contributed by atoms with Crippen molar-refractivity contribution in [2.45, 2.75) is 25.7 Å². The number of phenolic OH excluding ortho intramolecular Hbond substituents is 1. The van der Waals surface area contributed by atoms with Gasteiger partial charge in [0.05, 0.1) is 18.9 Å². The number of amides is 2. The maximum absolute atomic E-state index is 13.1. The summed E-state index contributed by atoms with van der Waals surface area (Å²) in [5.74, 6) is -2.49. The molecule has 0 saturated carbocycles. The second kappa shape index (κ2) is 7.02. The van der Waals surface area contributed by atoms with Crippen molar-refractivity contribution in [3.8, 4) is 11.5 Å². The van der Waals surface area contributed by atoms with Crippen LogP contribution in [0.2, 0.25) is 0 Å². The minimum absolute atomic E-state index is 0.0320. The molecule has 1 heterocycles. The standard InChI is InChI=1S/C25H23NO6/c1-11-8-18(28)22-16(23(11)29)10-15-13(5-6-14-21(15)25(31)26(2)24(14)30)20(22)12-4-7-17(27)19(9-12)32-3/h4-5,7-9,14-15,20-21,27H,6,10H2,1-3H3. The van der Waals surface area contributed by atoms with Crippen molar-refractivity contribution < 1.29 is 29.0 Å². The molecule has 1 aromatic carbocycles. The van der Waals surface area contributed by atoms with Gasteiger partial charge in [-0.2, -0.15) is 0 Å². The first-order valence-electron chi connectivity index (χ1n) is 10.6. The molecule has 4 aliphatic rings. The van der Waals surface area contributed by atoms with E-state index in [2.05, 4.69) is 0 Å². The second-order valence-corrected chi connectivity index (χ2v) is 8.90. The highest BCUT2D eigenvalue weighted by Crippen LogP contribution is 2.55. The van der Waals surface area contributed by atoms with E-state index in [1.807, 2.05) is 6.08 Å². The summed E-state index contributed by atoms with van der Waals surface area (Å²) in [5.41, 5.74) is 2.79. The largest absolute Gasteiger partial charge is 0.504 e. The van der Waals surface area contributed by atoms with Gasteiger partial charge < -0.3 is 9.84 Å². The third kappa shape index (κ3) is 2.66. The number of likely N-dealkylation sites (tertiary alicyclic amines) is 1. The SMILES string of the molecule is COc1cc(C2C3=CCC4C(=O)N(C)C(=O)C4C3CC3=C2C(=O)C=C(C)C3=O)ccc1O. The summed E-state index contributed by atoms with van der Waals surface area (Å²) in [6, 6.07) is 4.87. The van der Waals surface area contributed by atoms with Gasteiger partial charge in [0.25, 0.3) is 0 Å². The van der Waals surface area contributed by atoms with Crippen LogP contribution in [0.5, 0.6) is 11.5 Å². The third-order valence-corrected chi connectivity index (χ3v) is 7.32. The lowest BCUT2D eigenvalue weighted by Gasteiger charge is -2.42. The number of nitrogens with zero attached hydrogens (tertiary/aromatic N) is 1. The zero-order valence-electron chi connectivity index (χ0n) is 18.0. The molecule has 32 heavy (non-hydrogen) atoms. The van der Waals surface area contributed by atoms with Crippen molar-refractivity contribution in [1.29, 1.82) is 0 Å². The Morgan fingerprint density at radius 2 is 1.84 bits per heavy atom. The predicted octanol–water partition coefficient (Wildman–Crippen LogP) is 2.46. The number of hydrogen-bond acceptors (Lipinski definition) is 6. The van der Waals surface area contributed by atoms with Gasteiger partial charge in [0.1, 0.15) is 0 Å². The van der Waals surface area contributed by atoms with Crippen molar-refractivity contribution in [2.24, 2.45) is 17.8 Å². The number of Topliss-reactive ketones (excluding diaryl/α,β-unsaturated/α-hetero) is 1. The van der Waals surface area contributed by atoms with E-state index in [0.717, 1.165) is 5.57 Å². The number of carbonyl (C=O) groups excluding carboxylic acids is 4. The molecular formula is C25H23NO6. The normalized spacial score (nSPS) is 29.4. The van der Waals surface area contributed by atoms with E-state index in [1.165, 1.54) is 31.2 Å². The summed E-state index contributed by atoms with van der Waals surface area (Å²) in [4.78, 5) is 53.1. The van der Waals surface area contributed by atoms with Crippen molar-refractivity contribution in [3.05, 3.63) is 58.2 Å². The molecule has 0 radical (unpaired) electrons. The van der Waals surface area contributed by atoms with Gasteiger partial charge in [0.2, 0.25) is 11.8 Å². The molecule has 0 spiro atoms. The van der Waals surface area contributed by atoms with Gasteiger partial charge in [0, 0.05) is 29.7 Å². The van der Waals surface area contributed by atoms with Crippen molar-refractivity contribution in [2.75, 3.05) is 14.2 Å². The number of imide groups is 1. The smallest absolute Gasteiger partial charge is 0.233 e. The van der Waals surface area contributed by atoms with E-state index in [-0.39, 0.29) is 47.2 Å². The average Bonchev–Trinajstić information content (AvgIpc) is 3.00. The fraction of sp³-hybridized carbons (Fsp3) is 0.360. The van der Waals surface area contributed by atoms with Crippen LogP contribution in [0.3, 0.4) is 0 Å². The Labute approximate surface area is 185 Å². The maximum Gasteiger partial charge on any atom is 0.233 e. The van der Waals surface area contributed by atoms with E-state index in [9.17, 15) is 24.3 Å². The predicted molar refractivity (Wildman–Crippen MR) is 114 cm³/mol. The molecule has 1 N–H and O–H groups in total. The van der Waals surface area contributed by atoms with Gasteiger partial charge in [0.15, 0.2) is 23.1 Å².